The number of halogens is 1. The molecular formula is C18H20FN3O3. The molecule has 0 radical (unpaired) electrons. The second kappa shape index (κ2) is 7.46. The van der Waals surface area contributed by atoms with Crippen LogP contribution in [0.1, 0.15) is 30.6 Å². The van der Waals surface area contributed by atoms with Crippen LogP contribution < -0.4 is 15.6 Å². The van der Waals surface area contributed by atoms with E-state index in [0.717, 1.165) is 30.5 Å². The zero-order valence-electron chi connectivity index (χ0n) is 14.0. The molecule has 1 aromatic carbocycles. The Morgan fingerprint density at radius 2 is 2.12 bits per heavy atom. The highest BCUT2D eigenvalue weighted by atomic mass is 19.1. The lowest BCUT2D eigenvalue weighted by atomic mass is 10.2. The summed E-state index contributed by atoms with van der Waals surface area (Å²) in [4.78, 5) is 24.4. The van der Waals surface area contributed by atoms with Gasteiger partial charge >= 0.3 is 0 Å². The highest BCUT2D eigenvalue weighted by Gasteiger charge is 2.21. The van der Waals surface area contributed by atoms with Gasteiger partial charge in [-0.1, -0.05) is 0 Å². The van der Waals surface area contributed by atoms with E-state index in [1.165, 1.54) is 28.9 Å². The molecule has 1 atom stereocenters. The topological polar surface area (TPSA) is 73.2 Å². The molecular weight excluding hydrogens is 325 g/mol. The summed E-state index contributed by atoms with van der Waals surface area (Å²) in [5.41, 5.74) is 1.63. The monoisotopic (exact) mass is 345 g/mol. The first-order valence-electron chi connectivity index (χ1n) is 8.32. The molecule has 2 aromatic rings. The van der Waals surface area contributed by atoms with Gasteiger partial charge in [-0.15, -0.1) is 0 Å². The molecule has 1 aliphatic carbocycles. The minimum atomic E-state index is -0.691. The second-order valence-electron chi connectivity index (χ2n) is 6.02. The minimum Gasteiger partial charge on any atom is -0.492 e. The smallest absolute Gasteiger partial charge is 0.267 e. The molecule has 1 aromatic heterocycles. The van der Waals surface area contributed by atoms with Gasteiger partial charge in [0.2, 0.25) is 5.91 Å². The molecule has 6 nitrogen and oxygen atoms in total. The van der Waals surface area contributed by atoms with Crippen LogP contribution in [0.5, 0.6) is 5.75 Å². The Hall–Kier alpha value is -2.70. The number of benzene rings is 1. The van der Waals surface area contributed by atoms with Crippen LogP contribution in [0.2, 0.25) is 0 Å². The lowest BCUT2D eigenvalue weighted by Crippen LogP contribution is -2.38. The van der Waals surface area contributed by atoms with E-state index >= 15 is 0 Å². The lowest BCUT2D eigenvalue weighted by Gasteiger charge is -2.15. The van der Waals surface area contributed by atoms with E-state index in [1.54, 1.807) is 13.0 Å². The summed E-state index contributed by atoms with van der Waals surface area (Å²) >= 11 is 0. The molecule has 1 heterocycles. The van der Waals surface area contributed by atoms with E-state index in [2.05, 4.69) is 10.4 Å². The maximum Gasteiger partial charge on any atom is 0.267 e. The van der Waals surface area contributed by atoms with Gasteiger partial charge < -0.3 is 10.1 Å². The molecule has 1 aliphatic rings. The Morgan fingerprint density at radius 3 is 2.88 bits per heavy atom. The fourth-order valence-electron chi connectivity index (χ4n) is 2.83. The van der Waals surface area contributed by atoms with Crippen molar-refractivity contribution in [3.8, 4) is 5.75 Å². The second-order valence-corrected chi connectivity index (χ2v) is 6.02. The number of amides is 1. The number of rotatable bonds is 6. The SMILES string of the molecule is CC(C(=O)NCCOc1ccc(F)cc1)n1nc2c(cc1=O)CCC2. The van der Waals surface area contributed by atoms with E-state index in [1.807, 2.05) is 0 Å². The number of hydrogen-bond donors (Lipinski definition) is 1. The van der Waals surface area contributed by atoms with Gasteiger partial charge in [0.25, 0.3) is 5.56 Å². The molecule has 3 rings (SSSR count). The van der Waals surface area contributed by atoms with E-state index < -0.39 is 6.04 Å². The van der Waals surface area contributed by atoms with Crippen molar-refractivity contribution in [1.82, 2.24) is 15.1 Å². The minimum absolute atomic E-state index is 0.247. The number of hydrogen-bond acceptors (Lipinski definition) is 4. The Labute approximate surface area is 144 Å². The first-order chi connectivity index (χ1) is 12.0. The van der Waals surface area contributed by atoms with Crippen molar-refractivity contribution in [1.29, 1.82) is 0 Å². The number of aryl methyl sites for hydroxylation is 2. The van der Waals surface area contributed by atoms with Gasteiger partial charge in [0, 0.05) is 6.07 Å². The van der Waals surface area contributed by atoms with Gasteiger partial charge in [0.1, 0.15) is 24.2 Å². The lowest BCUT2D eigenvalue weighted by molar-refractivity contribution is -0.124. The number of nitrogens with one attached hydrogen (secondary N) is 1. The fourth-order valence-corrected chi connectivity index (χ4v) is 2.83. The van der Waals surface area contributed by atoms with Crippen molar-refractivity contribution in [3.63, 3.8) is 0 Å². The van der Waals surface area contributed by atoms with Crippen molar-refractivity contribution in [2.24, 2.45) is 0 Å². The first kappa shape index (κ1) is 17.1. The largest absolute Gasteiger partial charge is 0.492 e. The third kappa shape index (κ3) is 4.04. The van der Waals surface area contributed by atoms with Crippen molar-refractivity contribution in [2.45, 2.75) is 32.2 Å². The molecule has 25 heavy (non-hydrogen) atoms. The Bertz CT molecular complexity index is 817. The molecule has 132 valence electrons. The third-order valence-corrected chi connectivity index (χ3v) is 4.21. The molecule has 0 aliphatic heterocycles. The summed E-state index contributed by atoms with van der Waals surface area (Å²) < 4.78 is 19.5. The molecule has 7 heteroatoms. The van der Waals surface area contributed by atoms with Crippen LogP contribution in [0.3, 0.4) is 0 Å². The Balaban J connectivity index is 1.53. The third-order valence-electron chi connectivity index (χ3n) is 4.21. The average Bonchev–Trinajstić information content (AvgIpc) is 3.05. The van der Waals surface area contributed by atoms with Gasteiger partial charge in [-0.2, -0.15) is 5.10 Å². The van der Waals surface area contributed by atoms with Crippen molar-refractivity contribution in [3.05, 3.63) is 57.8 Å². The Morgan fingerprint density at radius 1 is 1.36 bits per heavy atom. The molecule has 0 fully saturated rings. The maximum atomic E-state index is 12.8. The number of ether oxygens (including phenoxy) is 1. The van der Waals surface area contributed by atoms with Crippen molar-refractivity contribution >= 4 is 5.91 Å². The number of carbonyl (C=O) groups is 1. The normalized spacial score (nSPS) is 14.0. The highest BCUT2D eigenvalue weighted by molar-refractivity contribution is 5.79. The van der Waals surface area contributed by atoms with Crippen LogP contribution in [-0.2, 0) is 17.6 Å². The number of carbonyl (C=O) groups excluding carboxylic acids is 1. The molecule has 0 saturated carbocycles. The van der Waals surface area contributed by atoms with E-state index in [4.69, 9.17) is 4.74 Å². The number of fused-ring (bicyclic) bond motifs is 1. The van der Waals surface area contributed by atoms with E-state index in [0.29, 0.717) is 5.75 Å². The van der Waals surface area contributed by atoms with Gasteiger partial charge in [-0.25, -0.2) is 9.07 Å². The van der Waals surface area contributed by atoms with Crippen LogP contribution >= 0.6 is 0 Å². The Kier molecular flexibility index (Phi) is 5.11. The molecule has 1 amide bonds. The zero-order valence-corrected chi connectivity index (χ0v) is 14.0. The van der Waals surface area contributed by atoms with Crippen molar-refractivity contribution < 1.29 is 13.9 Å². The maximum absolute atomic E-state index is 12.8. The summed E-state index contributed by atoms with van der Waals surface area (Å²) in [6, 6.07) is 6.55. The first-order valence-corrected chi connectivity index (χ1v) is 8.32. The summed E-state index contributed by atoms with van der Waals surface area (Å²) in [5.74, 6) is -0.0998. The quantitative estimate of drug-likeness (QED) is 0.808. The summed E-state index contributed by atoms with van der Waals surface area (Å²) in [6.07, 6.45) is 2.71. The molecule has 1 N–H and O–H groups in total. The molecule has 1 unspecified atom stereocenters. The standard InChI is InChI=1S/C18H20FN3O3/c1-12(22-17(23)11-13-3-2-4-16(13)21-22)18(24)20-9-10-25-15-7-5-14(19)6-8-15/h5-8,11-12H,2-4,9-10H2,1H3,(H,20,24). The number of aromatic nitrogens is 2. The van der Waals surface area contributed by atoms with Crippen LogP contribution in [0.15, 0.2) is 35.1 Å². The molecule has 0 bridgehead atoms. The predicted octanol–water partition coefficient (Wildman–Crippen LogP) is 1.63. The summed E-state index contributed by atoms with van der Waals surface area (Å²) in [7, 11) is 0. The van der Waals surface area contributed by atoms with Crippen molar-refractivity contribution in [2.75, 3.05) is 13.2 Å². The van der Waals surface area contributed by atoms with E-state index in [-0.39, 0.29) is 30.4 Å². The predicted molar refractivity (Wildman–Crippen MR) is 90.1 cm³/mol. The average molecular weight is 345 g/mol. The van der Waals surface area contributed by atoms with Crippen LogP contribution in [0, 0.1) is 5.82 Å². The van der Waals surface area contributed by atoms with E-state index in [9.17, 15) is 14.0 Å². The van der Waals surface area contributed by atoms with Gasteiger partial charge in [0.05, 0.1) is 12.2 Å². The van der Waals surface area contributed by atoms with Crippen LogP contribution in [-0.4, -0.2) is 28.8 Å². The molecule has 0 spiro atoms. The molecule has 0 saturated heterocycles. The van der Waals surface area contributed by atoms with Gasteiger partial charge in [0.15, 0.2) is 0 Å². The van der Waals surface area contributed by atoms with Crippen LogP contribution in [0.4, 0.5) is 4.39 Å². The summed E-state index contributed by atoms with van der Waals surface area (Å²) in [6.45, 7) is 2.17. The zero-order chi connectivity index (χ0) is 17.8. The summed E-state index contributed by atoms with van der Waals surface area (Å²) in [5, 5.41) is 7.05. The van der Waals surface area contributed by atoms with Crippen LogP contribution in [0.25, 0.3) is 0 Å². The highest BCUT2D eigenvalue weighted by Crippen LogP contribution is 2.18. The fraction of sp³-hybridized carbons (Fsp3) is 0.389. The van der Waals surface area contributed by atoms with Gasteiger partial charge in [-0.05, 0) is 56.0 Å². The van der Waals surface area contributed by atoms with Gasteiger partial charge in [-0.3, -0.25) is 9.59 Å². The number of nitrogens with zero attached hydrogens (tertiary/aromatic N) is 2.